The third kappa shape index (κ3) is 5.61. The summed E-state index contributed by atoms with van der Waals surface area (Å²) < 4.78 is 0. The largest absolute Gasteiger partial charge is 0.353 e. The monoisotopic (exact) mass is 450 g/mol. The Bertz CT molecular complexity index is 994. The van der Waals surface area contributed by atoms with Crippen LogP contribution in [0.2, 0.25) is 0 Å². The van der Waals surface area contributed by atoms with Gasteiger partial charge in [0.15, 0.2) is 0 Å². The summed E-state index contributed by atoms with van der Waals surface area (Å²) in [6, 6.07) is 9.13. The maximum absolute atomic E-state index is 12.9. The SMILES string of the molecule is Cc1cc(N2CCN(C(=O)Nc3cccc(C(=O)N4CCCCC4)c3)CC2)nc(C(C)C)n1. The smallest absolute Gasteiger partial charge is 0.321 e. The normalized spacial score (nSPS) is 16.8. The summed E-state index contributed by atoms with van der Waals surface area (Å²) in [6.45, 7) is 10.4. The van der Waals surface area contributed by atoms with Crippen LogP contribution in [0.1, 0.15) is 60.9 Å². The molecule has 2 fully saturated rings. The lowest BCUT2D eigenvalue weighted by Gasteiger charge is -2.35. The molecule has 1 N–H and O–H groups in total. The molecule has 33 heavy (non-hydrogen) atoms. The van der Waals surface area contributed by atoms with Crippen LogP contribution in [0.5, 0.6) is 0 Å². The van der Waals surface area contributed by atoms with Gasteiger partial charge in [0.05, 0.1) is 0 Å². The molecular formula is C25H34N6O2. The molecule has 0 bridgehead atoms. The maximum Gasteiger partial charge on any atom is 0.321 e. The molecule has 0 aliphatic carbocycles. The van der Waals surface area contributed by atoms with Gasteiger partial charge in [-0.1, -0.05) is 19.9 Å². The van der Waals surface area contributed by atoms with Crippen molar-refractivity contribution in [2.45, 2.75) is 46.0 Å². The van der Waals surface area contributed by atoms with E-state index in [9.17, 15) is 9.59 Å². The number of hydrogen-bond acceptors (Lipinski definition) is 5. The fourth-order valence-electron chi connectivity index (χ4n) is 4.35. The van der Waals surface area contributed by atoms with Gasteiger partial charge in [0.2, 0.25) is 0 Å². The minimum absolute atomic E-state index is 0.0420. The van der Waals surface area contributed by atoms with Crippen molar-refractivity contribution in [3.05, 3.63) is 47.4 Å². The Morgan fingerprint density at radius 2 is 1.64 bits per heavy atom. The molecule has 4 rings (SSSR count). The molecule has 0 saturated carbocycles. The van der Waals surface area contributed by atoms with Crippen LogP contribution in [0, 0.1) is 6.92 Å². The summed E-state index contributed by atoms with van der Waals surface area (Å²) in [7, 11) is 0. The highest BCUT2D eigenvalue weighted by molar-refractivity contribution is 5.97. The quantitative estimate of drug-likeness (QED) is 0.764. The number of nitrogens with zero attached hydrogens (tertiary/aromatic N) is 5. The van der Waals surface area contributed by atoms with Gasteiger partial charge in [0.25, 0.3) is 5.91 Å². The second-order valence-electron chi connectivity index (χ2n) is 9.22. The van der Waals surface area contributed by atoms with Gasteiger partial charge in [-0.25, -0.2) is 14.8 Å². The number of carbonyl (C=O) groups excluding carboxylic acids is 2. The molecule has 3 heterocycles. The lowest BCUT2D eigenvalue weighted by atomic mass is 10.1. The summed E-state index contributed by atoms with van der Waals surface area (Å²) in [5, 5.41) is 2.97. The van der Waals surface area contributed by atoms with Gasteiger partial charge < -0.3 is 20.0 Å². The van der Waals surface area contributed by atoms with Gasteiger partial charge in [-0.05, 0) is 44.4 Å². The first kappa shape index (κ1) is 23.0. The molecule has 2 aliphatic rings. The van der Waals surface area contributed by atoms with Crippen LogP contribution in [0.15, 0.2) is 30.3 Å². The van der Waals surface area contributed by atoms with Crippen LogP contribution in [0.25, 0.3) is 0 Å². The molecule has 1 aromatic carbocycles. The van der Waals surface area contributed by atoms with E-state index in [1.54, 1.807) is 6.07 Å². The fraction of sp³-hybridized carbons (Fsp3) is 0.520. The molecule has 2 aromatic rings. The van der Waals surface area contributed by atoms with Gasteiger partial charge in [0.1, 0.15) is 11.6 Å². The zero-order valence-electron chi connectivity index (χ0n) is 19.9. The molecule has 176 valence electrons. The first-order valence-corrected chi connectivity index (χ1v) is 12.0. The van der Waals surface area contributed by atoms with Gasteiger partial charge in [-0.2, -0.15) is 0 Å². The number of nitrogens with one attached hydrogen (secondary N) is 1. The highest BCUT2D eigenvalue weighted by Gasteiger charge is 2.23. The number of likely N-dealkylation sites (tertiary alicyclic amines) is 1. The van der Waals surface area contributed by atoms with Crippen LogP contribution < -0.4 is 10.2 Å². The van der Waals surface area contributed by atoms with Crippen LogP contribution in [-0.4, -0.2) is 71.0 Å². The van der Waals surface area contributed by atoms with Gasteiger partial charge >= 0.3 is 6.03 Å². The fourth-order valence-corrected chi connectivity index (χ4v) is 4.35. The van der Waals surface area contributed by atoms with Crippen LogP contribution in [0.4, 0.5) is 16.3 Å². The number of piperidine rings is 1. The van der Waals surface area contributed by atoms with E-state index in [1.807, 2.05) is 41.0 Å². The third-order valence-electron chi connectivity index (χ3n) is 6.27. The molecular weight excluding hydrogens is 416 g/mol. The number of hydrogen-bond donors (Lipinski definition) is 1. The molecule has 0 atom stereocenters. The Morgan fingerprint density at radius 3 is 2.33 bits per heavy atom. The molecule has 2 saturated heterocycles. The third-order valence-corrected chi connectivity index (χ3v) is 6.27. The minimum atomic E-state index is -0.140. The lowest BCUT2D eigenvalue weighted by molar-refractivity contribution is 0.0724. The Morgan fingerprint density at radius 1 is 0.909 bits per heavy atom. The zero-order valence-corrected chi connectivity index (χ0v) is 19.9. The highest BCUT2D eigenvalue weighted by atomic mass is 16.2. The van der Waals surface area contributed by atoms with Crippen molar-refractivity contribution in [3.63, 3.8) is 0 Å². The van der Waals surface area contributed by atoms with E-state index in [2.05, 4.69) is 29.0 Å². The van der Waals surface area contributed by atoms with Crippen molar-refractivity contribution in [2.24, 2.45) is 0 Å². The topological polar surface area (TPSA) is 81.7 Å². The van der Waals surface area contributed by atoms with E-state index < -0.39 is 0 Å². The predicted octanol–water partition coefficient (Wildman–Crippen LogP) is 3.89. The van der Waals surface area contributed by atoms with E-state index >= 15 is 0 Å². The first-order chi connectivity index (χ1) is 15.9. The van der Waals surface area contributed by atoms with Crippen LogP contribution in [-0.2, 0) is 0 Å². The predicted molar refractivity (Wildman–Crippen MR) is 130 cm³/mol. The number of anilines is 2. The van der Waals surface area contributed by atoms with Crippen molar-refractivity contribution < 1.29 is 9.59 Å². The number of amides is 3. The summed E-state index contributed by atoms with van der Waals surface area (Å²) >= 11 is 0. The Labute approximate surface area is 196 Å². The minimum Gasteiger partial charge on any atom is -0.353 e. The molecule has 3 amide bonds. The number of carbonyl (C=O) groups is 2. The van der Waals surface area contributed by atoms with Crippen molar-refractivity contribution in [1.29, 1.82) is 0 Å². The maximum atomic E-state index is 12.9. The van der Waals surface area contributed by atoms with Crippen molar-refractivity contribution in [2.75, 3.05) is 49.5 Å². The molecule has 8 heteroatoms. The van der Waals surface area contributed by atoms with Gasteiger partial charge in [0, 0.05) is 68.2 Å². The molecule has 0 radical (unpaired) electrons. The van der Waals surface area contributed by atoms with Crippen molar-refractivity contribution >= 4 is 23.4 Å². The molecule has 0 spiro atoms. The number of rotatable bonds is 4. The average molecular weight is 451 g/mol. The van der Waals surface area contributed by atoms with Crippen LogP contribution >= 0.6 is 0 Å². The van der Waals surface area contributed by atoms with Crippen molar-refractivity contribution in [3.8, 4) is 0 Å². The Balaban J connectivity index is 1.35. The summed E-state index contributed by atoms with van der Waals surface area (Å²) in [6.07, 6.45) is 3.30. The van der Waals surface area contributed by atoms with E-state index in [4.69, 9.17) is 4.98 Å². The average Bonchev–Trinajstić information content (AvgIpc) is 2.84. The zero-order chi connectivity index (χ0) is 23.4. The summed E-state index contributed by atoms with van der Waals surface area (Å²) in [4.78, 5) is 40.8. The molecule has 8 nitrogen and oxygen atoms in total. The molecule has 1 aromatic heterocycles. The molecule has 2 aliphatic heterocycles. The second kappa shape index (κ2) is 10.2. The highest BCUT2D eigenvalue weighted by Crippen LogP contribution is 2.20. The van der Waals surface area contributed by atoms with E-state index in [0.29, 0.717) is 24.3 Å². The van der Waals surface area contributed by atoms with Gasteiger partial charge in [-0.3, -0.25) is 4.79 Å². The van der Waals surface area contributed by atoms with E-state index in [0.717, 1.165) is 56.4 Å². The number of aryl methyl sites for hydroxylation is 1. The number of piperazine rings is 1. The summed E-state index contributed by atoms with van der Waals surface area (Å²) in [5.74, 6) is 2.09. The Kier molecular flexibility index (Phi) is 7.11. The van der Waals surface area contributed by atoms with Crippen molar-refractivity contribution in [1.82, 2.24) is 19.8 Å². The second-order valence-corrected chi connectivity index (χ2v) is 9.22. The lowest BCUT2D eigenvalue weighted by Crippen LogP contribution is -2.50. The molecule has 0 unspecified atom stereocenters. The van der Waals surface area contributed by atoms with Gasteiger partial charge in [-0.15, -0.1) is 0 Å². The van der Waals surface area contributed by atoms with Crippen LogP contribution in [0.3, 0.4) is 0 Å². The van der Waals surface area contributed by atoms with E-state index in [-0.39, 0.29) is 17.9 Å². The summed E-state index contributed by atoms with van der Waals surface area (Å²) in [5.41, 5.74) is 2.24. The van der Waals surface area contributed by atoms with E-state index in [1.165, 1.54) is 6.42 Å². The number of aromatic nitrogens is 2. The first-order valence-electron chi connectivity index (χ1n) is 12.0. The number of benzene rings is 1. The standard InChI is InChI=1S/C25H34N6O2/c1-18(2)23-26-19(3)16-22(28-23)29-12-14-31(15-13-29)25(33)27-21-9-7-8-20(17-21)24(32)30-10-5-4-6-11-30/h7-9,16-18H,4-6,10-15H2,1-3H3,(H,27,33). The Hall–Kier alpha value is -3.16. The number of urea groups is 1.